The fraction of sp³-hybridized carbons (Fsp3) is 0.0556. The summed E-state index contributed by atoms with van der Waals surface area (Å²) in [4.78, 5) is 7.98. The third kappa shape index (κ3) is 2.10. The molecule has 2 heterocycles. The Bertz CT molecular complexity index is 849. The van der Waals surface area contributed by atoms with Gasteiger partial charge in [0.2, 0.25) is 0 Å². The topological polar surface area (TPSA) is 16.1 Å². The van der Waals surface area contributed by atoms with Gasteiger partial charge in [0, 0.05) is 23.5 Å². The van der Waals surface area contributed by atoms with Crippen molar-refractivity contribution in [1.82, 2.24) is 4.98 Å². The smallest absolute Gasteiger partial charge is 0.0805 e. The molecule has 0 fully saturated rings. The molecule has 0 saturated heterocycles. The van der Waals surface area contributed by atoms with E-state index in [1.807, 2.05) is 24.0 Å². The summed E-state index contributed by atoms with van der Waals surface area (Å²) in [5.74, 6) is 0. The largest absolute Gasteiger partial charge is 0.338 e. The zero-order valence-electron chi connectivity index (χ0n) is 11.7. The highest BCUT2D eigenvalue weighted by atomic mass is 32.2. The molecule has 0 atom stereocenters. The van der Waals surface area contributed by atoms with Crippen LogP contribution in [-0.4, -0.2) is 12.0 Å². The SMILES string of the molecule is CN1C(=Cc2ccnc3ccccc23)Sc2ccccc21. The monoisotopic (exact) mass is 290 g/mol. The van der Waals surface area contributed by atoms with Gasteiger partial charge in [-0.25, -0.2) is 0 Å². The van der Waals surface area contributed by atoms with Crippen LogP contribution < -0.4 is 4.90 Å². The summed E-state index contributed by atoms with van der Waals surface area (Å²) < 4.78 is 0. The number of benzene rings is 2. The van der Waals surface area contributed by atoms with Crippen molar-refractivity contribution in [3.8, 4) is 0 Å². The van der Waals surface area contributed by atoms with E-state index in [1.54, 1.807) is 0 Å². The Kier molecular flexibility index (Phi) is 2.93. The van der Waals surface area contributed by atoms with E-state index < -0.39 is 0 Å². The lowest BCUT2D eigenvalue weighted by Crippen LogP contribution is -2.09. The number of hydrogen-bond donors (Lipinski definition) is 0. The number of aromatic nitrogens is 1. The summed E-state index contributed by atoms with van der Waals surface area (Å²) in [5, 5.41) is 2.44. The molecule has 3 heteroatoms. The van der Waals surface area contributed by atoms with Crippen molar-refractivity contribution in [2.24, 2.45) is 0 Å². The van der Waals surface area contributed by atoms with Gasteiger partial charge in [0.15, 0.2) is 0 Å². The third-order valence-corrected chi connectivity index (χ3v) is 4.90. The average Bonchev–Trinajstić information content (AvgIpc) is 2.85. The third-order valence-electron chi connectivity index (χ3n) is 3.73. The molecule has 3 aromatic rings. The quantitative estimate of drug-likeness (QED) is 0.642. The fourth-order valence-corrected chi connectivity index (χ4v) is 3.73. The molecule has 0 bridgehead atoms. The van der Waals surface area contributed by atoms with E-state index in [2.05, 4.69) is 71.5 Å². The Morgan fingerprint density at radius 2 is 1.81 bits per heavy atom. The average molecular weight is 290 g/mol. The van der Waals surface area contributed by atoms with Crippen molar-refractivity contribution in [3.63, 3.8) is 0 Å². The van der Waals surface area contributed by atoms with E-state index >= 15 is 0 Å². The summed E-state index contributed by atoms with van der Waals surface area (Å²) in [5.41, 5.74) is 3.52. The van der Waals surface area contributed by atoms with Gasteiger partial charge < -0.3 is 4.90 Å². The standard InChI is InChI=1S/C18H14N2S/c1-20-16-8-4-5-9-17(16)21-18(20)12-13-10-11-19-15-7-3-2-6-14(13)15/h2-12H,1H3. The van der Waals surface area contributed by atoms with Crippen molar-refractivity contribution in [2.45, 2.75) is 4.90 Å². The second-order valence-electron chi connectivity index (χ2n) is 5.03. The Balaban J connectivity index is 1.82. The molecule has 102 valence electrons. The van der Waals surface area contributed by atoms with Gasteiger partial charge in [-0.05, 0) is 35.9 Å². The number of hydrogen-bond acceptors (Lipinski definition) is 3. The first-order chi connectivity index (χ1) is 10.3. The first-order valence-electron chi connectivity index (χ1n) is 6.89. The first kappa shape index (κ1) is 12.5. The van der Waals surface area contributed by atoms with Crippen molar-refractivity contribution in [3.05, 3.63) is 71.4 Å². The molecular formula is C18H14N2S. The van der Waals surface area contributed by atoms with Crippen LogP contribution in [0, 0.1) is 0 Å². The minimum Gasteiger partial charge on any atom is -0.338 e. The molecule has 0 unspecified atom stereocenters. The molecule has 0 saturated carbocycles. The van der Waals surface area contributed by atoms with Crippen LogP contribution in [0.3, 0.4) is 0 Å². The Morgan fingerprint density at radius 1 is 1.00 bits per heavy atom. The molecule has 1 aromatic heterocycles. The van der Waals surface area contributed by atoms with Gasteiger partial charge in [0.25, 0.3) is 0 Å². The molecule has 1 aliphatic heterocycles. The summed E-state index contributed by atoms with van der Waals surface area (Å²) in [6, 6.07) is 18.8. The van der Waals surface area contributed by atoms with Crippen LogP contribution in [-0.2, 0) is 0 Å². The van der Waals surface area contributed by atoms with E-state index in [9.17, 15) is 0 Å². The normalized spacial score (nSPS) is 15.7. The second kappa shape index (κ2) is 4.93. The molecule has 2 nitrogen and oxygen atoms in total. The van der Waals surface area contributed by atoms with Gasteiger partial charge in [0.05, 0.1) is 16.2 Å². The molecule has 0 spiro atoms. The van der Waals surface area contributed by atoms with Gasteiger partial charge in [-0.2, -0.15) is 0 Å². The summed E-state index contributed by atoms with van der Waals surface area (Å²) in [6.07, 6.45) is 4.12. The highest BCUT2D eigenvalue weighted by molar-refractivity contribution is 8.03. The summed E-state index contributed by atoms with van der Waals surface area (Å²) in [7, 11) is 2.12. The fourth-order valence-electron chi connectivity index (χ4n) is 2.62. The van der Waals surface area contributed by atoms with Crippen LogP contribution in [0.15, 0.2) is 70.7 Å². The van der Waals surface area contributed by atoms with Crippen LogP contribution in [0.1, 0.15) is 5.56 Å². The van der Waals surface area contributed by atoms with Crippen molar-refractivity contribution in [2.75, 3.05) is 11.9 Å². The lowest BCUT2D eigenvalue weighted by molar-refractivity contribution is 1.18. The highest BCUT2D eigenvalue weighted by Gasteiger charge is 2.21. The number of rotatable bonds is 1. The van der Waals surface area contributed by atoms with E-state index in [0.29, 0.717) is 0 Å². The minimum atomic E-state index is 1.04. The molecule has 21 heavy (non-hydrogen) atoms. The molecule has 0 amide bonds. The molecule has 0 aliphatic carbocycles. The maximum atomic E-state index is 4.43. The number of fused-ring (bicyclic) bond motifs is 2. The summed E-state index contributed by atoms with van der Waals surface area (Å²) >= 11 is 1.81. The van der Waals surface area contributed by atoms with Crippen LogP contribution in [0.4, 0.5) is 5.69 Å². The van der Waals surface area contributed by atoms with Crippen LogP contribution in [0.2, 0.25) is 0 Å². The molecule has 1 aliphatic rings. The van der Waals surface area contributed by atoms with Crippen molar-refractivity contribution < 1.29 is 0 Å². The maximum Gasteiger partial charge on any atom is 0.0805 e. The van der Waals surface area contributed by atoms with Crippen LogP contribution in [0.25, 0.3) is 17.0 Å². The molecular weight excluding hydrogens is 276 g/mol. The van der Waals surface area contributed by atoms with Gasteiger partial charge >= 0.3 is 0 Å². The van der Waals surface area contributed by atoms with E-state index in [-0.39, 0.29) is 0 Å². The zero-order chi connectivity index (χ0) is 14.2. The lowest BCUT2D eigenvalue weighted by Gasteiger charge is -2.13. The van der Waals surface area contributed by atoms with Gasteiger partial charge in [-0.15, -0.1) is 0 Å². The van der Waals surface area contributed by atoms with Gasteiger partial charge in [-0.3, -0.25) is 4.98 Å². The Hall–Kier alpha value is -2.26. The first-order valence-corrected chi connectivity index (χ1v) is 7.71. The lowest BCUT2D eigenvalue weighted by atomic mass is 10.1. The predicted octanol–water partition coefficient (Wildman–Crippen LogP) is 4.78. The van der Waals surface area contributed by atoms with Gasteiger partial charge in [-0.1, -0.05) is 42.1 Å². The Labute approximate surface area is 128 Å². The van der Waals surface area contributed by atoms with Crippen molar-refractivity contribution >= 4 is 34.4 Å². The summed E-state index contributed by atoms with van der Waals surface area (Å²) in [6.45, 7) is 0. The predicted molar refractivity (Wildman–Crippen MR) is 90.4 cm³/mol. The minimum absolute atomic E-state index is 1.04. The van der Waals surface area contributed by atoms with Crippen LogP contribution in [0.5, 0.6) is 0 Å². The molecule has 4 rings (SSSR count). The number of anilines is 1. The Morgan fingerprint density at radius 3 is 2.71 bits per heavy atom. The van der Waals surface area contributed by atoms with Crippen molar-refractivity contribution in [1.29, 1.82) is 0 Å². The maximum absolute atomic E-state index is 4.43. The van der Waals surface area contributed by atoms with E-state index in [0.717, 1.165) is 5.52 Å². The number of thioether (sulfide) groups is 1. The molecule has 0 N–H and O–H groups in total. The van der Waals surface area contributed by atoms with Gasteiger partial charge in [0.1, 0.15) is 0 Å². The van der Waals surface area contributed by atoms with E-state index in [4.69, 9.17) is 0 Å². The number of para-hydroxylation sites is 2. The molecule has 2 aromatic carbocycles. The number of pyridine rings is 1. The molecule has 0 radical (unpaired) electrons. The zero-order valence-corrected chi connectivity index (χ0v) is 12.5. The highest BCUT2D eigenvalue weighted by Crippen LogP contribution is 2.45. The number of nitrogens with zero attached hydrogens (tertiary/aromatic N) is 2. The van der Waals surface area contributed by atoms with E-state index in [1.165, 1.54) is 26.6 Å². The van der Waals surface area contributed by atoms with Crippen LogP contribution >= 0.6 is 11.8 Å². The second-order valence-corrected chi connectivity index (χ2v) is 6.09.